The Labute approximate surface area is 167 Å². The molecule has 0 heterocycles. The van der Waals surface area contributed by atoms with Crippen LogP contribution in [0.2, 0.25) is 0 Å². The number of hydrogen-bond donors (Lipinski definition) is 3. The summed E-state index contributed by atoms with van der Waals surface area (Å²) in [5.41, 5.74) is 1.06. The second kappa shape index (κ2) is 10.1. The van der Waals surface area contributed by atoms with E-state index in [1.54, 1.807) is 24.3 Å². The number of non-ortho nitro benzene ring substituents is 1. The van der Waals surface area contributed by atoms with Crippen molar-refractivity contribution in [3.8, 4) is 0 Å². The van der Waals surface area contributed by atoms with Crippen LogP contribution >= 0.6 is 12.2 Å². The molecule has 2 aromatic rings. The van der Waals surface area contributed by atoms with Crippen molar-refractivity contribution >= 4 is 40.5 Å². The first-order valence-electron chi connectivity index (χ1n) is 8.65. The van der Waals surface area contributed by atoms with E-state index in [-0.39, 0.29) is 22.3 Å². The van der Waals surface area contributed by atoms with Crippen LogP contribution in [0, 0.1) is 10.1 Å². The highest BCUT2D eigenvalue weighted by atomic mass is 32.1. The molecule has 0 aromatic heterocycles. The standard InChI is InChI=1S/C19H20N4O4S/c1-2-3-11-20-17(24)13-7-9-15(10-8-13)21-19(28)22-18(25)14-5-4-6-16(12-14)23(26)27/h4-10,12H,2-3,11H2,1H3,(H,20,24)(H2,21,22,25,28). The number of nitro groups is 1. The van der Waals surface area contributed by atoms with E-state index in [4.69, 9.17) is 12.2 Å². The first-order valence-corrected chi connectivity index (χ1v) is 9.06. The SMILES string of the molecule is CCCCNC(=O)c1ccc(NC(=S)NC(=O)c2cccc([N+](=O)[O-])c2)cc1. The van der Waals surface area contributed by atoms with Crippen molar-refractivity contribution in [2.75, 3.05) is 11.9 Å². The van der Waals surface area contributed by atoms with Crippen LogP contribution in [0.15, 0.2) is 48.5 Å². The molecule has 0 unspecified atom stereocenters. The van der Waals surface area contributed by atoms with Crippen LogP contribution in [0.1, 0.15) is 40.5 Å². The molecule has 0 saturated carbocycles. The molecule has 0 saturated heterocycles. The van der Waals surface area contributed by atoms with E-state index < -0.39 is 10.8 Å². The Kier molecular flexibility index (Phi) is 7.58. The Morgan fingerprint density at radius 1 is 1.07 bits per heavy atom. The predicted octanol–water partition coefficient (Wildman–Crippen LogP) is 3.25. The average molecular weight is 400 g/mol. The number of anilines is 1. The summed E-state index contributed by atoms with van der Waals surface area (Å²) in [6.45, 7) is 2.68. The lowest BCUT2D eigenvalue weighted by atomic mass is 10.2. The fourth-order valence-electron chi connectivity index (χ4n) is 2.28. The van der Waals surface area contributed by atoms with Crippen molar-refractivity contribution < 1.29 is 14.5 Å². The minimum absolute atomic E-state index is 0.0386. The van der Waals surface area contributed by atoms with Crippen molar-refractivity contribution in [2.24, 2.45) is 0 Å². The number of nitrogens with one attached hydrogen (secondary N) is 3. The predicted molar refractivity (Wildman–Crippen MR) is 110 cm³/mol. The second-order valence-corrected chi connectivity index (χ2v) is 6.31. The zero-order valence-electron chi connectivity index (χ0n) is 15.2. The third kappa shape index (κ3) is 6.13. The molecule has 9 heteroatoms. The number of benzene rings is 2. The van der Waals surface area contributed by atoms with Crippen molar-refractivity contribution in [3.63, 3.8) is 0 Å². The van der Waals surface area contributed by atoms with Crippen molar-refractivity contribution in [1.82, 2.24) is 10.6 Å². The van der Waals surface area contributed by atoms with Gasteiger partial charge in [0.1, 0.15) is 0 Å². The number of thiocarbonyl (C=S) groups is 1. The van der Waals surface area contributed by atoms with Crippen LogP contribution in [0.5, 0.6) is 0 Å². The van der Waals surface area contributed by atoms with Crippen LogP contribution in [0.4, 0.5) is 11.4 Å². The summed E-state index contributed by atoms with van der Waals surface area (Å²) in [5, 5.41) is 19.0. The average Bonchev–Trinajstić information content (AvgIpc) is 2.68. The molecule has 2 rings (SSSR count). The fraction of sp³-hybridized carbons (Fsp3) is 0.211. The highest BCUT2D eigenvalue weighted by Crippen LogP contribution is 2.13. The molecule has 0 fully saturated rings. The molecule has 0 bridgehead atoms. The van der Waals surface area contributed by atoms with E-state index in [0.29, 0.717) is 17.8 Å². The summed E-state index contributed by atoms with van der Waals surface area (Å²) < 4.78 is 0. The first-order chi connectivity index (χ1) is 13.4. The van der Waals surface area contributed by atoms with Crippen molar-refractivity contribution in [2.45, 2.75) is 19.8 Å². The highest BCUT2D eigenvalue weighted by molar-refractivity contribution is 7.80. The van der Waals surface area contributed by atoms with Gasteiger partial charge in [-0.2, -0.15) is 0 Å². The second-order valence-electron chi connectivity index (χ2n) is 5.90. The Bertz CT molecular complexity index is 884. The smallest absolute Gasteiger partial charge is 0.270 e. The molecule has 0 spiro atoms. The number of nitrogens with zero attached hydrogens (tertiary/aromatic N) is 1. The molecule has 0 aliphatic rings. The van der Waals surface area contributed by atoms with Gasteiger partial charge in [-0.3, -0.25) is 25.0 Å². The molecule has 8 nitrogen and oxygen atoms in total. The minimum Gasteiger partial charge on any atom is -0.352 e. The highest BCUT2D eigenvalue weighted by Gasteiger charge is 2.13. The minimum atomic E-state index is -0.576. The molecule has 0 aliphatic heterocycles. The van der Waals surface area contributed by atoms with Gasteiger partial charge in [0, 0.05) is 35.5 Å². The Hall–Kier alpha value is -3.33. The van der Waals surface area contributed by atoms with E-state index in [1.807, 2.05) is 6.92 Å². The third-order valence-corrected chi connectivity index (χ3v) is 3.97. The summed E-state index contributed by atoms with van der Waals surface area (Å²) in [5.74, 6) is -0.713. The number of carbonyl (C=O) groups excluding carboxylic acids is 2. The normalized spacial score (nSPS) is 10.0. The van der Waals surface area contributed by atoms with Crippen LogP contribution in [0.25, 0.3) is 0 Å². The van der Waals surface area contributed by atoms with Crippen LogP contribution in [0.3, 0.4) is 0 Å². The summed E-state index contributed by atoms with van der Waals surface area (Å²) >= 11 is 5.10. The lowest BCUT2D eigenvalue weighted by Gasteiger charge is -2.10. The molecule has 0 aliphatic carbocycles. The molecule has 0 atom stereocenters. The molecular weight excluding hydrogens is 380 g/mol. The number of carbonyl (C=O) groups is 2. The lowest BCUT2D eigenvalue weighted by molar-refractivity contribution is -0.384. The third-order valence-electron chi connectivity index (χ3n) is 3.77. The van der Waals surface area contributed by atoms with E-state index in [9.17, 15) is 19.7 Å². The van der Waals surface area contributed by atoms with E-state index >= 15 is 0 Å². The summed E-state index contributed by atoms with van der Waals surface area (Å²) in [7, 11) is 0. The van der Waals surface area contributed by atoms with Gasteiger partial charge in [0.25, 0.3) is 17.5 Å². The first kappa shape index (κ1) is 21.0. The van der Waals surface area contributed by atoms with Gasteiger partial charge in [-0.15, -0.1) is 0 Å². The van der Waals surface area contributed by atoms with Crippen LogP contribution in [-0.4, -0.2) is 28.4 Å². The summed E-state index contributed by atoms with van der Waals surface area (Å²) in [6, 6.07) is 12.0. The quantitative estimate of drug-likeness (QED) is 0.285. The zero-order valence-corrected chi connectivity index (χ0v) is 16.0. The van der Waals surface area contributed by atoms with Crippen LogP contribution < -0.4 is 16.0 Å². The lowest BCUT2D eigenvalue weighted by Crippen LogP contribution is -2.34. The van der Waals surface area contributed by atoms with Gasteiger partial charge in [0.05, 0.1) is 4.92 Å². The van der Waals surface area contributed by atoms with E-state index in [1.165, 1.54) is 24.3 Å². The number of rotatable bonds is 7. The molecule has 3 N–H and O–H groups in total. The largest absolute Gasteiger partial charge is 0.352 e. The molecule has 2 amide bonds. The molecule has 28 heavy (non-hydrogen) atoms. The zero-order chi connectivity index (χ0) is 20.5. The van der Waals surface area contributed by atoms with E-state index in [0.717, 1.165) is 12.8 Å². The van der Waals surface area contributed by atoms with E-state index in [2.05, 4.69) is 16.0 Å². The monoisotopic (exact) mass is 400 g/mol. The van der Waals surface area contributed by atoms with Crippen molar-refractivity contribution in [1.29, 1.82) is 0 Å². The van der Waals surface area contributed by atoms with Gasteiger partial charge >= 0.3 is 0 Å². The Morgan fingerprint density at radius 2 is 1.79 bits per heavy atom. The van der Waals surface area contributed by atoms with Gasteiger partial charge in [0.2, 0.25) is 0 Å². The van der Waals surface area contributed by atoms with Gasteiger partial charge in [-0.05, 0) is 49.0 Å². The topological polar surface area (TPSA) is 113 Å². The maximum absolute atomic E-state index is 12.2. The van der Waals surface area contributed by atoms with Crippen molar-refractivity contribution in [3.05, 3.63) is 69.8 Å². The van der Waals surface area contributed by atoms with Gasteiger partial charge < -0.3 is 10.6 Å². The number of nitro benzene ring substituents is 1. The molecular formula is C19H20N4O4S. The summed E-state index contributed by atoms with van der Waals surface area (Å²) in [4.78, 5) is 34.4. The fourth-order valence-corrected chi connectivity index (χ4v) is 2.49. The molecule has 146 valence electrons. The summed E-state index contributed by atoms with van der Waals surface area (Å²) in [6.07, 6.45) is 1.92. The number of amides is 2. The van der Waals surface area contributed by atoms with Crippen LogP contribution in [-0.2, 0) is 0 Å². The van der Waals surface area contributed by atoms with Gasteiger partial charge in [-0.1, -0.05) is 19.4 Å². The van der Waals surface area contributed by atoms with Gasteiger partial charge in [-0.25, -0.2) is 0 Å². The molecule has 0 radical (unpaired) electrons. The molecule has 2 aromatic carbocycles. The Morgan fingerprint density at radius 3 is 2.43 bits per heavy atom. The number of hydrogen-bond acceptors (Lipinski definition) is 5. The maximum atomic E-state index is 12.2. The maximum Gasteiger partial charge on any atom is 0.270 e. The van der Waals surface area contributed by atoms with Gasteiger partial charge in [0.15, 0.2) is 5.11 Å². The Balaban J connectivity index is 1.92. The number of unbranched alkanes of at least 4 members (excludes halogenated alkanes) is 1.